The van der Waals surface area contributed by atoms with Crippen LogP contribution < -0.4 is 16.0 Å². The second-order valence-corrected chi connectivity index (χ2v) is 9.85. The molecule has 1 amide bonds. The smallest absolute Gasteiger partial charge is 0.256 e. The van der Waals surface area contributed by atoms with E-state index in [2.05, 4.69) is 43.0 Å². The minimum absolute atomic E-state index is 0.165. The lowest BCUT2D eigenvalue weighted by molar-refractivity contribution is 0.0951. The van der Waals surface area contributed by atoms with Crippen molar-refractivity contribution in [2.24, 2.45) is 11.8 Å². The van der Waals surface area contributed by atoms with Gasteiger partial charge in [-0.2, -0.15) is 5.10 Å². The van der Waals surface area contributed by atoms with Crippen molar-refractivity contribution in [3.8, 4) is 5.69 Å². The van der Waals surface area contributed by atoms with Crippen molar-refractivity contribution in [2.75, 3.05) is 23.7 Å². The third kappa shape index (κ3) is 4.37. The first-order valence-corrected chi connectivity index (χ1v) is 12.2. The van der Waals surface area contributed by atoms with Crippen LogP contribution in [0.2, 0.25) is 5.02 Å². The van der Waals surface area contributed by atoms with Gasteiger partial charge < -0.3 is 16.0 Å². The topological polar surface area (TPSA) is 133 Å². The van der Waals surface area contributed by atoms with Crippen LogP contribution >= 0.6 is 11.6 Å². The normalized spacial score (nSPS) is 18.3. The van der Waals surface area contributed by atoms with Crippen molar-refractivity contribution in [3.63, 3.8) is 0 Å². The number of aryl methyl sites for hydroxylation is 1. The average molecular weight is 505 g/mol. The first kappa shape index (κ1) is 22.5. The van der Waals surface area contributed by atoms with Crippen molar-refractivity contribution < 1.29 is 4.79 Å². The lowest BCUT2D eigenvalue weighted by Gasteiger charge is -2.20. The van der Waals surface area contributed by atoms with Gasteiger partial charge in [-0.05, 0) is 71.0 Å². The minimum atomic E-state index is -0.334. The monoisotopic (exact) mass is 504 g/mol. The third-order valence-electron chi connectivity index (χ3n) is 6.93. The maximum Gasteiger partial charge on any atom is 0.256 e. The number of halogens is 1. The van der Waals surface area contributed by atoms with Gasteiger partial charge in [0, 0.05) is 36.5 Å². The second-order valence-electron chi connectivity index (χ2n) is 9.41. The number of nitrogens with zero attached hydrogens (tertiary/aromatic N) is 8. The summed E-state index contributed by atoms with van der Waals surface area (Å²) in [6.07, 6.45) is 4.50. The summed E-state index contributed by atoms with van der Waals surface area (Å²) in [5, 5.41) is 19.0. The number of rotatable bonds is 7. The molecule has 0 spiro atoms. The summed E-state index contributed by atoms with van der Waals surface area (Å²) in [5.41, 5.74) is 9.84. The number of tetrazole rings is 1. The Morgan fingerprint density at radius 2 is 2.03 bits per heavy atom. The van der Waals surface area contributed by atoms with E-state index in [9.17, 15) is 4.79 Å². The summed E-state index contributed by atoms with van der Waals surface area (Å²) in [6, 6.07) is 9.44. The Labute approximate surface area is 212 Å². The summed E-state index contributed by atoms with van der Waals surface area (Å²) in [5.74, 6) is 2.57. The molecule has 0 bridgehead atoms. The van der Waals surface area contributed by atoms with E-state index in [1.807, 2.05) is 6.92 Å². The van der Waals surface area contributed by atoms with Crippen LogP contribution in [0.1, 0.15) is 33.6 Å². The van der Waals surface area contributed by atoms with Gasteiger partial charge in [-0.25, -0.2) is 9.67 Å². The predicted octanol–water partition coefficient (Wildman–Crippen LogP) is 2.23. The van der Waals surface area contributed by atoms with Gasteiger partial charge >= 0.3 is 0 Å². The van der Waals surface area contributed by atoms with Crippen LogP contribution in [0.3, 0.4) is 0 Å². The van der Waals surface area contributed by atoms with Gasteiger partial charge in [0.15, 0.2) is 5.82 Å². The highest BCUT2D eigenvalue weighted by Gasteiger charge is 2.45. The van der Waals surface area contributed by atoms with E-state index in [1.165, 1.54) is 17.4 Å². The van der Waals surface area contributed by atoms with E-state index >= 15 is 0 Å². The minimum Gasteiger partial charge on any atom is -0.382 e. The number of hydrogen-bond donors (Lipinski definition) is 2. The van der Waals surface area contributed by atoms with Crippen LogP contribution in [0.25, 0.3) is 5.69 Å². The molecule has 2 atom stereocenters. The number of anilines is 2. The zero-order valence-corrected chi connectivity index (χ0v) is 20.4. The van der Waals surface area contributed by atoms with Crippen molar-refractivity contribution in [2.45, 2.75) is 26.4 Å². The molecular weight excluding hydrogens is 480 g/mol. The summed E-state index contributed by atoms with van der Waals surface area (Å²) in [7, 11) is 0. The highest BCUT2D eigenvalue weighted by molar-refractivity contribution is 6.30. The zero-order valence-electron chi connectivity index (χ0n) is 19.7. The summed E-state index contributed by atoms with van der Waals surface area (Å²) in [6.45, 7) is 4.90. The quantitative estimate of drug-likeness (QED) is 0.391. The fraction of sp³-hybridized carbons (Fsp3) is 0.333. The van der Waals surface area contributed by atoms with E-state index in [1.54, 1.807) is 29.1 Å². The maximum atomic E-state index is 12.9. The number of nitrogen functional groups attached to an aromatic ring is 1. The molecule has 4 heterocycles. The summed E-state index contributed by atoms with van der Waals surface area (Å²) < 4.78 is 3.18. The molecule has 184 valence electrons. The molecule has 2 fully saturated rings. The summed E-state index contributed by atoms with van der Waals surface area (Å²) >= 11 is 6.17. The molecule has 4 aromatic rings. The van der Waals surface area contributed by atoms with E-state index in [0.717, 1.165) is 47.6 Å². The maximum absolute atomic E-state index is 12.9. The molecule has 0 radical (unpaired) electrons. The number of fused-ring (bicyclic) bond motifs is 1. The van der Waals surface area contributed by atoms with Gasteiger partial charge in [0.25, 0.3) is 5.91 Å². The number of amides is 1. The van der Waals surface area contributed by atoms with Crippen LogP contribution in [-0.4, -0.2) is 54.0 Å². The number of carbonyl (C=O) groups excluding carboxylic acids is 1. The summed E-state index contributed by atoms with van der Waals surface area (Å²) in [4.78, 5) is 20.1. The molecule has 6 rings (SSSR count). The van der Waals surface area contributed by atoms with Gasteiger partial charge in [-0.15, -0.1) is 5.10 Å². The van der Waals surface area contributed by atoms with Gasteiger partial charge in [0.2, 0.25) is 0 Å². The molecule has 2 unspecified atom stereocenters. The van der Waals surface area contributed by atoms with Crippen LogP contribution in [0.5, 0.6) is 0 Å². The highest BCUT2D eigenvalue weighted by atomic mass is 35.5. The number of aromatic nitrogens is 7. The van der Waals surface area contributed by atoms with Crippen LogP contribution in [0.4, 0.5) is 11.6 Å². The van der Waals surface area contributed by atoms with E-state index < -0.39 is 0 Å². The van der Waals surface area contributed by atoms with Crippen LogP contribution in [0.15, 0.2) is 42.9 Å². The molecule has 1 aliphatic heterocycles. The lowest BCUT2D eigenvalue weighted by atomic mass is 10.1. The van der Waals surface area contributed by atoms with Gasteiger partial charge in [-0.3, -0.25) is 9.48 Å². The number of nitrogens with one attached hydrogen (secondary N) is 1. The Balaban J connectivity index is 1.13. The fourth-order valence-electron chi connectivity index (χ4n) is 4.83. The fourth-order valence-corrected chi connectivity index (χ4v) is 5.03. The van der Waals surface area contributed by atoms with Crippen molar-refractivity contribution in [1.29, 1.82) is 0 Å². The predicted molar refractivity (Wildman–Crippen MR) is 134 cm³/mol. The molecule has 1 aliphatic carbocycles. The molecule has 11 nitrogen and oxygen atoms in total. The average Bonchev–Trinajstić information content (AvgIpc) is 3.25. The Bertz CT molecular complexity index is 1420. The molecule has 1 saturated heterocycles. The standard InChI is InChI=1S/C24H25ClN10O/c1-14-15(2-5-22(29-14)33-9-17-6-18(17)10-33)11-34-12-20(23(26)30-34)24(36)27-8-16-7-19(25)3-4-21(16)35-13-28-31-32-35/h2-5,7,12-13,17-18H,6,8-11H2,1H3,(H2,26,30)(H,27,36). The number of pyridine rings is 1. The number of piperidine rings is 1. The first-order chi connectivity index (χ1) is 17.4. The first-order valence-electron chi connectivity index (χ1n) is 11.8. The molecule has 1 aromatic carbocycles. The Morgan fingerprint density at radius 3 is 2.78 bits per heavy atom. The lowest BCUT2D eigenvalue weighted by Crippen LogP contribution is -2.24. The van der Waals surface area contributed by atoms with Crippen molar-refractivity contribution in [3.05, 3.63) is 70.3 Å². The SMILES string of the molecule is Cc1nc(N2CC3CC3C2)ccc1Cn1cc(C(=O)NCc2cc(Cl)ccc2-n2cnnn2)c(N)n1. The molecule has 3 N–H and O–H groups in total. The number of nitrogens with two attached hydrogens (primary N) is 1. The molecule has 1 saturated carbocycles. The van der Waals surface area contributed by atoms with Crippen LogP contribution in [0, 0.1) is 18.8 Å². The number of benzene rings is 1. The second kappa shape index (κ2) is 8.90. The molecule has 3 aromatic heterocycles. The van der Waals surface area contributed by atoms with Crippen molar-refractivity contribution in [1.82, 2.24) is 40.3 Å². The Kier molecular flexibility index (Phi) is 5.56. The number of hydrogen-bond acceptors (Lipinski definition) is 8. The molecule has 12 heteroatoms. The van der Waals surface area contributed by atoms with Gasteiger partial charge in [0.05, 0.1) is 12.2 Å². The van der Waals surface area contributed by atoms with Crippen LogP contribution in [-0.2, 0) is 13.1 Å². The van der Waals surface area contributed by atoms with Gasteiger partial charge in [-0.1, -0.05) is 17.7 Å². The zero-order chi connectivity index (χ0) is 24.8. The molecule has 2 aliphatic rings. The van der Waals surface area contributed by atoms with Gasteiger partial charge in [0.1, 0.15) is 17.7 Å². The highest BCUT2D eigenvalue weighted by Crippen LogP contribution is 2.45. The largest absolute Gasteiger partial charge is 0.382 e. The third-order valence-corrected chi connectivity index (χ3v) is 7.16. The Hall–Kier alpha value is -3.99. The van der Waals surface area contributed by atoms with E-state index in [4.69, 9.17) is 22.3 Å². The number of carbonyl (C=O) groups is 1. The van der Waals surface area contributed by atoms with E-state index in [0.29, 0.717) is 22.8 Å². The Morgan fingerprint density at radius 1 is 1.19 bits per heavy atom. The molecular formula is C24H25ClN10O. The molecule has 36 heavy (non-hydrogen) atoms. The van der Waals surface area contributed by atoms with E-state index in [-0.39, 0.29) is 18.3 Å². The van der Waals surface area contributed by atoms with Crippen molar-refractivity contribution >= 4 is 29.1 Å².